The number of aromatic nitrogens is 1. The number of hydrogen-bond acceptors (Lipinski definition) is 5. The summed E-state index contributed by atoms with van der Waals surface area (Å²) in [6.07, 6.45) is 0. The Hall–Kier alpha value is 0.0164. The molecule has 0 amide bonds. The van der Waals surface area contributed by atoms with E-state index in [0.717, 1.165) is 28.0 Å². The fourth-order valence-electron chi connectivity index (χ4n) is 1.62. The fourth-order valence-corrected chi connectivity index (χ4v) is 2.67. The first kappa shape index (κ1) is 14.1. The molecule has 0 aliphatic rings. The zero-order chi connectivity index (χ0) is 11.2. The molecular weight excluding hydrogens is 251 g/mol. The topological polar surface area (TPSA) is 79.0 Å². The summed E-state index contributed by atoms with van der Waals surface area (Å²) in [7, 11) is 0. The zero-order valence-electron chi connectivity index (χ0n) is 9.33. The second-order valence-electron chi connectivity index (χ2n) is 3.39. The Labute approximate surface area is 139 Å². The fraction of sp³-hybridized carbons (Fsp3) is 0.200. The molecule has 0 radical (unpaired) electrons. The number of hydrogen-bond donors (Lipinski definition) is 1. The maximum absolute atomic E-state index is 10.8. The number of rotatable bonds is 1. The van der Waals surface area contributed by atoms with E-state index in [2.05, 4.69) is 4.98 Å². The molecule has 0 saturated carbocycles. The Morgan fingerprint density at radius 3 is 2.69 bits per heavy atom. The average molecular weight is 260 g/mol. The third-order valence-electron chi connectivity index (χ3n) is 2.21. The molecule has 0 aliphatic carbocycles. The SMILES string of the molecule is Cc1cc(C)c2c(N)c(C(=O)[O-])sc2n1.[K+]. The first-order valence-corrected chi connectivity index (χ1v) is 5.20. The summed E-state index contributed by atoms with van der Waals surface area (Å²) in [5.41, 5.74) is 7.80. The summed E-state index contributed by atoms with van der Waals surface area (Å²) in [5.74, 6) is -1.24. The van der Waals surface area contributed by atoms with Gasteiger partial charge in [-0.15, -0.1) is 11.3 Å². The number of fused-ring (bicyclic) bond motifs is 1. The Morgan fingerprint density at radius 1 is 1.50 bits per heavy atom. The van der Waals surface area contributed by atoms with Crippen molar-refractivity contribution in [3.05, 3.63) is 22.2 Å². The minimum Gasteiger partial charge on any atom is -0.544 e. The monoisotopic (exact) mass is 260 g/mol. The van der Waals surface area contributed by atoms with Gasteiger partial charge in [-0.05, 0) is 25.5 Å². The number of thiophene rings is 1. The van der Waals surface area contributed by atoms with Crippen molar-refractivity contribution in [2.24, 2.45) is 0 Å². The summed E-state index contributed by atoms with van der Waals surface area (Å²) in [6.45, 7) is 3.75. The van der Waals surface area contributed by atoms with Gasteiger partial charge in [0.25, 0.3) is 0 Å². The van der Waals surface area contributed by atoms with Crippen LogP contribution in [0.15, 0.2) is 6.07 Å². The van der Waals surface area contributed by atoms with Crippen LogP contribution in [-0.2, 0) is 0 Å². The Balaban J connectivity index is 0.00000128. The van der Waals surface area contributed by atoms with Crippen molar-refractivity contribution in [1.82, 2.24) is 4.98 Å². The number of aryl methyl sites for hydroxylation is 2. The third-order valence-corrected chi connectivity index (χ3v) is 3.29. The quantitative estimate of drug-likeness (QED) is 0.594. The molecule has 0 atom stereocenters. The molecule has 16 heavy (non-hydrogen) atoms. The molecule has 0 saturated heterocycles. The van der Waals surface area contributed by atoms with Crippen molar-refractivity contribution in [3.8, 4) is 0 Å². The number of anilines is 1. The van der Waals surface area contributed by atoms with Crippen LogP contribution in [0.3, 0.4) is 0 Å². The summed E-state index contributed by atoms with van der Waals surface area (Å²) >= 11 is 1.06. The van der Waals surface area contributed by atoms with Gasteiger partial charge >= 0.3 is 51.4 Å². The van der Waals surface area contributed by atoms with Crippen LogP contribution in [0.2, 0.25) is 0 Å². The molecule has 0 spiro atoms. The summed E-state index contributed by atoms with van der Waals surface area (Å²) in [4.78, 5) is 15.7. The zero-order valence-corrected chi connectivity index (χ0v) is 13.3. The van der Waals surface area contributed by atoms with E-state index in [1.807, 2.05) is 19.9 Å². The van der Waals surface area contributed by atoms with Gasteiger partial charge in [0.05, 0.1) is 16.5 Å². The molecule has 0 aliphatic heterocycles. The summed E-state index contributed by atoms with van der Waals surface area (Å²) in [5, 5.41) is 11.5. The standard InChI is InChI=1S/C10H10N2O2S.K/c1-4-3-5(2)12-9-6(4)7(11)8(15-9)10(13)14;/h3H,11H2,1-2H3,(H,13,14);/q;+1/p-1. The Bertz CT molecular complexity index is 565. The number of carbonyl (C=O) groups excluding carboxylic acids is 1. The van der Waals surface area contributed by atoms with Crippen LogP contribution in [0.4, 0.5) is 5.69 Å². The second kappa shape index (κ2) is 5.11. The van der Waals surface area contributed by atoms with E-state index in [4.69, 9.17) is 5.73 Å². The van der Waals surface area contributed by atoms with Crippen LogP contribution in [-0.4, -0.2) is 11.0 Å². The number of aromatic carboxylic acids is 1. The molecule has 6 heteroatoms. The molecule has 2 heterocycles. The summed E-state index contributed by atoms with van der Waals surface area (Å²) in [6, 6.07) is 1.88. The van der Waals surface area contributed by atoms with Crippen LogP contribution >= 0.6 is 11.3 Å². The molecule has 2 aromatic heterocycles. The largest absolute Gasteiger partial charge is 1.00 e. The average Bonchev–Trinajstić information content (AvgIpc) is 2.42. The first-order chi connectivity index (χ1) is 7.00. The Kier molecular flexibility index (Phi) is 4.50. The van der Waals surface area contributed by atoms with Crippen LogP contribution in [0.25, 0.3) is 10.2 Å². The number of nitrogens with two attached hydrogens (primary N) is 1. The van der Waals surface area contributed by atoms with Crippen LogP contribution in [0.1, 0.15) is 20.9 Å². The van der Waals surface area contributed by atoms with E-state index < -0.39 is 5.97 Å². The number of carbonyl (C=O) groups is 1. The van der Waals surface area contributed by atoms with E-state index in [1.54, 1.807) is 0 Å². The molecule has 2 N–H and O–H groups in total. The van der Waals surface area contributed by atoms with Gasteiger partial charge in [0, 0.05) is 11.1 Å². The van der Waals surface area contributed by atoms with Gasteiger partial charge in [-0.25, -0.2) is 4.98 Å². The van der Waals surface area contributed by atoms with Gasteiger partial charge in [-0.3, -0.25) is 0 Å². The van der Waals surface area contributed by atoms with Gasteiger partial charge in [0.2, 0.25) is 0 Å². The third kappa shape index (κ3) is 2.32. The van der Waals surface area contributed by atoms with Gasteiger partial charge < -0.3 is 15.6 Å². The van der Waals surface area contributed by atoms with Crippen molar-refractivity contribution >= 4 is 33.2 Å². The maximum Gasteiger partial charge on any atom is 1.00 e. The molecule has 4 nitrogen and oxygen atoms in total. The molecular formula is C10H9KN2O2S. The minimum atomic E-state index is -1.24. The van der Waals surface area contributed by atoms with Crippen LogP contribution in [0, 0.1) is 13.8 Å². The second-order valence-corrected chi connectivity index (χ2v) is 4.39. The predicted molar refractivity (Wildman–Crippen MR) is 57.8 cm³/mol. The molecule has 0 aromatic carbocycles. The number of nitrogen functional groups attached to an aromatic ring is 1. The number of carboxylic acid groups (broad SMARTS) is 1. The smallest absolute Gasteiger partial charge is 0.544 e. The normalized spacial score (nSPS) is 10.1. The predicted octanol–water partition coefficient (Wildman–Crippen LogP) is -2.14. The molecule has 2 rings (SSSR count). The van der Waals surface area contributed by atoms with E-state index in [0.29, 0.717) is 4.83 Å². The first-order valence-electron chi connectivity index (χ1n) is 4.38. The van der Waals surface area contributed by atoms with Crippen molar-refractivity contribution in [2.75, 3.05) is 5.73 Å². The number of carboxylic acids is 1. The molecule has 78 valence electrons. The van der Waals surface area contributed by atoms with Crippen molar-refractivity contribution in [1.29, 1.82) is 0 Å². The molecule has 2 aromatic rings. The maximum atomic E-state index is 10.8. The molecule has 0 bridgehead atoms. The van der Waals surface area contributed by atoms with Crippen molar-refractivity contribution < 1.29 is 61.3 Å². The van der Waals surface area contributed by atoms with Crippen LogP contribution in [0.5, 0.6) is 0 Å². The minimum absolute atomic E-state index is 0. The van der Waals surface area contributed by atoms with E-state index in [-0.39, 0.29) is 61.9 Å². The van der Waals surface area contributed by atoms with Crippen LogP contribution < -0.4 is 62.2 Å². The van der Waals surface area contributed by atoms with Gasteiger partial charge in [-0.2, -0.15) is 0 Å². The van der Waals surface area contributed by atoms with Crippen molar-refractivity contribution in [2.45, 2.75) is 13.8 Å². The van der Waals surface area contributed by atoms with E-state index in [1.165, 1.54) is 0 Å². The van der Waals surface area contributed by atoms with Crippen molar-refractivity contribution in [3.63, 3.8) is 0 Å². The van der Waals surface area contributed by atoms with Gasteiger partial charge in [0.15, 0.2) is 0 Å². The Morgan fingerprint density at radius 2 is 2.12 bits per heavy atom. The number of pyridine rings is 1. The molecule has 0 fully saturated rings. The number of nitrogens with zero attached hydrogens (tertiary/aromatic N) is 1. The van der Waals surface area contributed by atoms with E-state index >= 15 is 0 Å². The van der Waals surface area contributed by atoms with E-state index in [9.17, 15) is 9.90 Å². The van der Waals surface area contributed by atoms with Gasteiger partial charge in [-0.1, -0.05) is 0 Å². The molecule has 0 unspecified atom stereocenters. The van der Waals surface area contributed by atoms with Gasteiger partial charge in [0.1, 0.15) is 4.83 Å². The summed E-state index contributed by atoms with van der Waals surface area (Å²) < 4.78 is 0.